The van der Waals surface area contributed by atoms with Gasteiger partial charge in [-0.1, -0.05) is 84.9 Å². The number of nitrogens with zero attached hydrogens (tertiary/aromatic N) is 1. The van der Waals surface area contributed by atoms with Crippen molar-refractivity contribution >= 4 is 103 Å². The number of furan rings is 2. The highest BCUT2D eigenvalue weighted by Crippen LogP contribution is 2.43. The molecule has 3 aromatic heterocycles. The molecule has 0 aliphatic heterocycles. The minimum absolute atomic E-state index is 0.880. The normalized spacial score (nSPS) is 12.0. The smallest absolute Gasteiger partial charge is 0.135 e. The van der Waals surface area contributed by atoms with Crippen LogP contribution in [0.1, 0.15) is 0 Å². The third-order valence-electron chi connectivity index (χ3n) is 10.1. The highest BCUT2D eigenvalue weighted by Gasteiger charge is 2.18. The van der Waals surface area contributed by atoms with Crippen molar-refractivity contribution in [3.8, 4) is 11.1 Å². The zero-order valence-electron chi connectivity index (χ0n) is 26.8. The zero-order valence-corrected chi connectivity index (χ0v) is 27.6. The van der Waals surface area contributed by atoms with Gasteiger partial charge in [-0.05, 0) is 101 Å². The molecule has 0 spiro atoms. The van der Waals surface area contributed by atoms with Crippen molar-refractivity contribution in [3.05, 3.63) is 164 Å². The van der Waals surface area contributed by atoms with Crippen LogP contribution in [-0.2, 0) is 0 Å². The molecule has 50 heavy (non-hydrogen) atoms. The second kappa shape index (κ2) is 10.6. The molecular weight excluding hydrogens is 631 g/mol. The summed E-state index contributed by atoms with van der Waals surface area (Å²) in [5, 5.41) is 9.57. The molecule has 0 N–H and O–H groups in total. The maximum atomic E-state index is 6.21. The summed E-state index contributed by atoms with van der Waals surface area (Å²) in [5.74, 6) is 0. The molecule has 0 radical (unpaired) electrons. The van der Waals surface area contributed by atoms with E-state index in [1.165, 1.54) is 42.1 Å². The molecule has 0 amide bonds. The van der Waals surface area contributed by atoms with Crippen molar-refractivity contribution in [2.45, 2.75) is 0 Å². The van der Waals surface area contributed by atoms with Crippen LogP contribution in [0.4, 0.5) is 17.1 Å². The van der Waals surface area contributed by atoms with E-state index in [4.69, 9.17) is 8.83 Å². The summed E-state index contributed by atoms with van der Waals surface area (Å²) in [7, 11) is 0. The van der Waals surface area contributed by atoms with Crippen LogP contribution in [0.25, 0.3) is 85.9 Å². The number of anilines is 3. The molecule has 0 aliphatic carbocycles. The van der Waals surface area contributed by atoms with Crippen LogP contribution in [0.2, 0.25) is 0 Å². The van der Waals surface area contributed by atoms with Gasteiger partial charge in [0.2, 0.25) is 0 Å². The topological polar surface area (TPSA) is 29.5 Å². The van der Waals surface area contributed by atoms with Crippen molar-refractivity contribution in [2.24, 2.45) is 0 Å². The predicted octanol–water partition coefficient (Wildman–Crippen LogP) is 14.1. The van der Waals surface area contributed by atoms with Gasteiger partial charge in [0, 0.05) is 58.8 Å². The Morgan fingerprint density at radius 1 is 0.360 bits per heavy atom. The number of benzene rings is 8. The number of hydrogen-bond donors (Lipinski definition) is 0. The van der Waals surface area contributed by atoms with E-state index in [1.54, 1.807) is 0 Å². The fraction of sp³-hybridized carbons (Fsp3) is 0. The largest absolute Gasteiger partial charge is 0.456 e. The minimum Gasteiger partial charge on any atom is -0.456 e. The Balaban J connectivity index is 1.08. The van der Waals surface area contributed by atoms with Gasteiger partial charge in [-0.15, -0.1) is 11.3 Å². The third kappa shape index (κ3) is 4.16. The molecule has 0 saturated carbocycles. The van der Waals surface area contributed by atoms with E-state index >= 15 is 0 Å². The fourth-order valence-electron chi connectivity index (χ4n) is 7.69. The van der Waals surface area contributed by atoms with Gasteiger partial charge in [0.25, 0.3) is 0 Å². The number of rotatable bonds is 4. The van der Waals surface area contributed by atoms with Gasteiger partial charge in [-0.25, -0.2) is 0 Å². The van der Waals surface area contributed by atoms with Crippen LogP contribution < -0.4 is 4.90 Å². The maximum Gasteiger partial charge on any atom is 0.135 e. The van der Waals surface area contributed by atoms with E-state index in [1.807, 2.05) is 35.6 Å². The Labute approximate surface area is 290 Å². The Kier molecular flexibility index (Phi) is 5.83. The Morgan fingerprint density at radius 3 is 1.62 bits per heavy atom. The van der Waals surface area contributed by atoms with Gasteiger partial charge < -0.3 is 13.7 Å². The van der Waals surface area contributed by atoms with Crippen LogP contribution in [0.3, 0.4) is 0 Å². The Hall–Kier alpha value is -6.36. The van der Waals surface area contributed by atoms with E-state index < -0.39 is 0 Å². The van der Waals surface area contributed by atoms with E-state index in [2.05, 4.69) is 144 Å². The first kappa shape index (κ1) is 27.6. The van der Waals surface area contributed by atoms with Gasteiger partial charge >= 0.3 is 0 Å². The number of thiophene rings is 1. The standard InChI is InChI=1S/C46H27NO2S/c1-4-13-41-34(9-1)38-25-31(20-22-43(38)48-41)47(32-21-23-44-39(26-32)35-10-2-5-14-42(35)49-44)30-18-16-28(17-19-30)33-12-7-8-29-24-46-40(27-37(29)33)36-11-3-6-15-45(36)50-46/h1-27H. The molecule has 11 aromatic rings. The van der Waals surface area contributed by atoms with E-state index in [0.29, 0.717) is 0 Å². The molecule has 8 aromatic carbocycles. The minimum atomic E-state index is 0.880. The lowest BCUT2D eigenvalue weighted by Crippen LogP contribution is -2.09. The maximum absolute atomic E-state index is 6.21. The summed E-state index contributed by atoms with van der Waals surface area (Å²) in [6.07, 6.45) is 0. The highest BCUT2D eigenvalue weighted by atomic mass is 32.1. The summed E-state index contributed by atoms with van der Waals surface area (Å²) < 4.78 is 15.1. The first-order valence-corrected chi connectivity index (χ1v) is 17.6. The Morgan fingerprint density at radius 2 is 0.940 bits per heavy atom. The van der Waals surface area contributed by atoms with E-state index in [0.717, 1.165) is 60.9 Å². The van der Waals surface area contributed by atoms with Crippen molar-refractivity contribution in [1.82, 2.24) is 0 Å². The fourth-order valence-corrected chi connectivity index (χ4v) is 8.83. The first-order chi connectivity index (χ1) is 24.7. The molecule has 11 rings (SSSR count). The second-order valence-corrected chi connectivity index (χ2v) is 14.0. The molecule has 0 atom stereocenters. The lowest BCUT2D eigenvalue weighted by Gasteiger charge is -2.26. The quantitative estimate of drug-likeness (QED) is 0.189. The van der Waals surface area contributed by atoms with Crippen LogP contribution in [0, 0.1) is 0 Å². The summed E-state index contributed by atoms with van der Waals surface area (Å²) in [5.41, 5.74) is 9.14. The molecule has 0 bridgehead atoms. The monoisotopic (exact) mass is 657 g/mol. The molecule has 0 fully saturated rings. The molecule has 0 aliphatic rings. The molecule has 3 nitrogen and oxygen atoms in total. The molecular formula is C46H27NO2S. The van der Waals surface area contributed by atoms with E-state index in [-0.39, 0.29) is 0 Å². The number of fused-ring (bicyclic) bond motifs is 10. The Bertz CT molecular complexity index is 2990. The van der Waals surface area contributed by atoms with Gasteiger partial charge in [-0.2, -0.15) is 0 Å². The number of hydrogen-bond acceptors (Lipinski definition) is 4. The first-order valence-electron chi connectivity index (χ1n) is 16.8. The predicted molar refractivity (Wildman–Crippen MR) is 212 cm³/mol. The van der Waals surface area contributed by atoms with Crippen molar-refractivity contribution in [3.63, 3.8) is 0 Å². The van der Waals surface area contributed by atoms with Crippen LogP contribution in [0.5, 0.6) is 0 Å². The third-order valence-corrected chi connectivity index (χ3v) is 11.2. The molecule has 0 saturated heterocycles. The van der Waals surface area contributed by atoms with Crippen LogP contribution in [-0.4, -0.2) is 0 Å². The van der Waals surface area contributed by atoms with Crippen molar-refractivity contribution in [1.29, 1.82) is 0 Å². The summed E-state index contributed by atoms with van der Waals surface area (Å²) in [6.45, 7) is 0. The zero-order chi connectivity index (χ0) is 32.8. The van der Waals surface area contributed by atoms with Crippen LogP contribution >= 0.6 is 11.3 Å². The second-order valence-electron chi connectivity index (χ2n) is 12.9. The molecule has 4 heteroatoms. The average Bonchev–Trinajstić information content (AvgIpc) is 3.85. The van der Waals surface area contributed by atoms with Gasteiger partial charge in [0.05, 0.1) is 0 Å². The van der Waals surface area contributed by atoms with E-state index in [9.17, 15) is 0 Å². The van der Waals surface area contributed by atoms with Gasteiger partial charge in [-0.3, -0.25) is 0 Å². The van der Waals surface area contributed by atoms with Crippen molar-refractivity contribution in [2.75, 3.05) is 4.90 Å². The lowest BCUT2D eigenvalue weighted by molar-refractivity contribution is 0.668. The molecule has 0 unspecified atom stereocenters. The summed E-state index contributed by atoms with van der Waals surface area (Å²) in [6, 6.07) is 58.5. The lowest BCUT2D eigenvalue weighted by atomic mass is 9.96. The molecule has 3 heterocycles. The summed E-state index contributed by atoms with van der Waals surface area (Å²) >= 11 is 1.87. The van der Waals surface area contributed by atoms with Crippen LogP contribution in [0.15, 0.2) is 173 Å². The summed E-state index contributed by atoms with van der Waals surface area (Å²) in [4.78, 5) is 2.33. The van der Waals surface area contributed by atoms with Gasteiger partial charge in [0.15, 0.2) is 0 Å². The number of para-hydroxylation sites is 2. The average molecular weight is 658 g/mol. The highest BCUT2D eigenvalue weighted by molar-refractivity contribution is 7.25. The SMILES string of the molecule is c1cc(-c2ccc(N(c3ccc4oc5ccccc5c4c3)c3ccc4oc5ccccc5c4c3)cc2)c2cc3c(cc2c1)sc1ccccc13. The molecule has 234 valence electrons. The van der Waals surface area contributed by atoms with Gasteiger partial charge in [0.1, 0.15) is 22.3 Å². The van der Waals surface area contributed by atoms with Crippen molar-refractivity contribution < 1.29 is 8.83 Å².